The van der Waals surface area contributed by atoms with E-state index in [2.05, 4.69) is 0 Å². The molecule has 4 heteroatoms. The third-order valence-electron chi connectivity index (χ3n) is 3.90. The van der Waals surface area contributed by atoms with Crippen LogP contribution >= 0.6 is 0 Å². The van der Waals surface area contributed by atoms with Crippen molar-refractivity contribution in [2.75, 3.05) is 7.11 Å². The van der Waals surface area contributed by atoms with Crippen molar-refractivity contribution < 1.29 is 19.4 Å². The van der Waals surface area contributed by atoms with E-state index in [0.717, 1.165) is 16.3 Å². The van der Waals surface area contributed by atoms with Gasteiger partial charge in [-0.2, -0.15) is 0 Å². The number of fused-ring (bicyclic) bond motifs is 1. The minimum atomic E-state index is -0.987. The van der Waals surface area contributed by atoms with Gasteiger partial charge in [-0.05, 0) is 40.6 Å². The molecule has 1 N–H and O–H groups in total. The molecule has 0 aliphatic carbocycles. The van der Waals surface area contributed by atoms with Gasteiger partial charge < -0.3 is 14.6 Å². The lowest BCUT2D eigenvalue weighted by atomic mass is 10.00. The zero-order chi connectivity index (χ0) is 16.9. The topological polar surface area (TPSA) is 55.8 Å². The molecule has 3 aromatic rings. The van der Waals surface area contributed by atoms with Crippen molar-refractivity contribution in [1.82, 2.24) is 0 Å². The van der Waals surface area contributed by atoms with Crippen LogP contribution < -0.4 is 9.47 Å². The smallest absolute Gasteiger partial charge is 0.345 e. The fourth-order valence-electron chi connectivity index (χ4n) is 2.67. The van der Waals surface area contributed by atoms with Crippen LogP contribution in [0.5, 0.6) is 11.5 Å². The molecule has 24 heavy (non-hydrogen) atoms. The first-order valence-electron chi connectivity index (χ1n) is 7.67. The van der Waals surface area contributed by atoms with Gasteiger partial charge in [0.1, 0.15) is 11.5 Å². The Bertz CT molecular complexity index is 834. The fourth-order valence-corrected chi connectivity index (χ4v) is 2.67. The van der Waals surface area contributed by atoms with Crippen LogP contribution in [-0.4, -0.2) is 24.3 Å². The number of methoxy groups -OCH3 is 1. The molecule has 0 heterocycles. The lowest BCUT2D eigenvalue weighted by Crippen LogP contribution is -2.29. The van der Waals surface area contributed by atoms with Gasteiger partial charge in [-0.1, -0.05) is 42.5 Å². The van der Waals surface area contributed by atoms with Crippen LogP contribution in [-0.2, 0) is 11.2 Å². The van der Waals surface area contributed by atoms with E-state index in [1.54, 1.807) is 31.4 Å². The first-order chi connectivity index (χ1) is 11.7. The summed E-state index contributed by atoms with van der Waals surface area (Å²) in [5.74, 6) is 0.213. The van der Waals surface area contributed by atoms with Gasteiger partial charge >= 0.3 is 5.97 Å². The summed E-state index contributed by atoms with van der Waals surface area (Å²) in [5, 5.41) is 11.7. The van der Waals surface area contributed by atoms with Crippen LogP contribution in [0.1, 0.15) is 5.56 Å². The number of aliphatic carboxylic acids is 1. The lowest BCUT2D eigenvalue weighted by molar-refractivity contribution is -0.145. The third-order valence-corrected chi connectivity index (χ3v) is 3.90. The van der Waals surface area contributed by atoms with Gasteiger partial charge in [0.15, 0.2) is 6.10 Å². The Morgan fingerprint density at radius 2 is 1.62 bits per heavy atom. The minimum absolute atomic E-state index is 0.294. The molecule has 1 atom stereocenters. The second-order valence-electron chi connectivity index (χ2n) is 5.46. The zero-order valence-electron chi connectivity index (χ0n) is 13.3. The Labute approximate surface area is 140 Å². The molecule has 0 spiro atoms. The number of carboxylic acid groups (broad SMARTS) is 1. The van der Waals surface area contributed by atoms with E-state index in [1.807, 2.05) is 42.5 Å². The van der Waals surface area contributed by atoms with E-state index in [-0.39, 0.29) is 0 Å². The molecule has 0 fully saturated rings. The molecule has 0 aromatic heterocycles. The predicted molar refractivity (Wildman–Crippen MR) is 92.7 cm³/mol. The maximum absolute atomic E-state index is 11.6. The van der Waals surface area contributed by atoms with Crippen LogP contribution in [0.15, 0.2) is 66.7 Å². The molecular formula is C20H18O4. The quantitative estimate of drug-likeness (QED) is 0.747. The Balaban J connectivity index is 1.84. The largest absolute Gasteiger partial charge is 0.497 e. The van der Waals surface area contributed by atoms with Gasteiger partial charge in [-0.15, -0.1) is 0 Å². The van der Waals surface area contributed by atoms with Gasteiger partial charge in [0.05, 0.1) is 7.11 Å². The number of rotatable bonds is 6. The lowest BCUT2D eigenvalue weighted by Gasteiger charge is -2.16. The monoisotopic (exact) mass is 322 g/mol. The summed E-state index contributed by atoms with van der Waals surface area (Å²) >= 11 is 0. The molecule has 0 aliphatic rings. The number of hydrogen-bond acceptors (Lipinski definition) is 3. The molecule has 0 amide bonds. The third kappa shape index (κ3) is 3.49. The van der Waals surface area contributed by atoms with E-state index in [1.165, 1.54) is 0 Å². The van der Waals surface area contributed by atoms with Crippen molar-refractivity contribution in [1.29, 1.82) is 0 Å². The molecule has 3 aromatic carbocycles. The number of ether oxygens (including phenoxy) is 2. The highest BCUT2D eigenvalue weighted by Gasteiger charge is 2.21. The fraction of sp³-hybridized carbons (Fsp3) is 0.150. The second kappa shape index (κ2) is 7.04. The van der Waals surface area contributed by atoms with Crippen LogP contribution in [0.3, 0.4) is 0 Å². The van der Waals surface area contributed by atoms with Crippen molar-refractivity contribution in [3.8, 4) is 11.5 Å². The maximum atomic E-state index is 11.6. The molecular weight excluding hydrogens is 304 g/mol. The number of carbonyl (C=O) groups is 1. The van der Waals surface area contributed by atoms with Crippen molar-refractivity contribution in [3.63, 3.8) is 0 Å². The maximum Gasteiger partial charge on any atom is 0.345 e. The second-order valence-corrected chi connectivity index (χ2v) is 5.46. The summed E-state index contributed by atoms with van der Waals surface area (Å²) in [7, 11) is 1.58. The highest BCUT2D eigenvalue weighted by Crippen LogP contribution is 2.23. The number of hydrogen-bond donors (Lipinski definition) is 1. The van der Waals surface area contributed by atoms with Crippen LogP contribution in [0.2, 0.25) is 0 Å². The highest BCUT2D eigenvalue weighted by molar-refractivity contribution is 5.86. The van der Waals surface area contributed by atoms with Gasteiger partial charge in [0.25, 0.3) is 0 Å². The molecule has 0 saturated heterocycles. The summed E-state index contributed by atoms with van der Waals surface area (Å²) in [6, 6.07) is 20.7. The number of benzene rings is 3. The van der Waals surface area contributed by atoms with Gasteiger partial charge in [0, 0.05) is 6.42 Å². The molecule has 0 radical (unpaired) electrons. The highest BCUT2D eigenvalue weighted by atomic mass is 16.5. The van der Waals surface area contributed by atoms with Crippen molar-refractivity contribution in [2.24, 2.45) is 0 Å². The molecule has 0 bridgehead atoms. The van der Waals surface area contributed by atoms with Crippen molar-refractivity contribution >= 4 is 16.7 Å². The first kappa shape index (κ1) is 15.9. The molecule has 1 unspecified atom stereocenters. The molecule has 3 rings (SSSR count). The van der Waals surface area contributed by atoms with Gasteiger partial charge in [-0.25, -0.2) is 4.79 Å². The SMILES string of the molecule is COc1ccc(OC(Cc2cccc3ccccc23)C(=O)O)cc1. The summed E-state index contributed by atoms with van der Waals surface area (Å²) in [6.07, 6.45) is -0.660. The van der Waals surface area contributed by atoms with Crippen molar-refractivity contribution in [2.45, 2.75) is 12.5 Å². The summed E-state index contributed by atoms with van der Waals surface area (Å²) in [4.78, 5) is 11.6. The van der Waals surface area contributed by atoms with Crippen LogP contribution in [0, 0.1) is 0 Å². The van der Waals surface area contributed by atoms with Crippen LogP contribution in [0.25, 0.3) is 10.8 Å². The predicted octanol–water partition coefficient (Wildman–Crippen LogP) is 3.92. The van der Waals surface area contributed by atoms with E-state index in [9.17, 15) is 9.90 Å². The van der Waals surface area contributed by atoms with E-state index >= 15 is 0 Å². The number of carboxylic acids is 1. The average molecular weight is 322 g/mol. The Kier molecular flexibility index (Phi) is 4.66. The molecule has 0 saturated carbocycles. The Morgan fingerprint density at radius 3 is 2.33 bits per heavy atom. The Hall–Kier alpha value is -3.01. The summed E-state index contributed by atoms with van der Waals surface area (Å²) in [5.41, 5.74) is 0.953. The van der Waals surface area contributed by atoms with Gasteiger partial charge in [-0.3, -0.25) is 0 Å². The van der Waals surface area contributed by atoms with E-state index in [4.69, 9.17) is 9.47 Å². The molecule has 4 nitrogen and oxygen atoms in total. The summed E-state index contributed by atoms with van der Waals surface area (Å²) in [6.45, 7) is 0. The standard InChI is InChI=1S/C20H18O4/c1-23-16-9-11-17(12-10-16)24-19(20(21)22)13-15-7-4-6-14-5-2-3-8-18(14)15/h2-12,19H,13H2,1H3,(H,21,22). The first-order valence-corrected chi connectivity index (χ1v) is 7.67. The molecule has 0 aliphatic heterocycles. The zero-order valence-corrected chi connectivity index (χ0v) is 13.3. The Morgan fingerprint density at radius 1 is 0.958 bits per heavy atom. The molecule has 122 valence electrons. The summed E-state index contributed by atoms with van der Waals surface area (Å²) < 4.78 is 10.8. The van der Waals surface area contributed by atoms with E-state index < -0.39 is 12.1 Å². The van der Waals surface area contributed by atoms with E-state index in [0.29, 0.717) is 17.9 Å². The normalized spacial score (nSPS) is 11.9. The minimum Gasteiger partial charge on any atom is -0.497 e. The van der Waals surface area contributed by atoms with Crippen molar-refractivity contribution in [3.05, 3.63) is 72.3 Å². The van der Waals surface area contributed by atoms with Gasteiger partial charge in [0.2, 0.25) is 0 Å². The van der Waals surface area contributed by atoms with Crippen LogP contribution in [0.4, 0.5) is 0 Å². The average Bonchev–Trinajstić information content (AvgIpc) is 2.62.